The SMILES string of the molecule is COCC(=O)N[C@H](C(=O)OC)[C@@H](C)CC(=O)OC. The smallest absolute Gasteiger partial charge is 0.328 e. The zero-order chi connectivity index (χ0) is 14.1. The van der Waals surface area contributed by atoms with Crippen LogP contribution in [-0.2, 0) is 28.6 Å². The van der Waals surface area contributed by atoms with E-state index in [0.717, 1.165) is 0 Å². The summed E-state index contributed by atoms with van der Waals surface area (Å²) in [5, 5.41) is 2.45. The van der Waals surface area contributed by atoms with Gasteiger partial charge in [0.05, 0.1) is 20.6 Å². The molecule has 0 rings (SSSR count). The van der Waals surface area contributed by atoms with E-state index >= 15 is 0 Å². The van der Waals surface area contributed by atoms with Crippen molar-refractivity contribution in [2.75, 3.05) is 27.9 Å². The number of rotatable bonds is 7. The molecule has 0 aromatic rings. The monoisotopic (exact) mass is 261 g/mol. The van der Waals surface area contributed by atoms with E-state index < -0.39 is 29.8 Å². The Morgan fingerprint density at radius 3 is 2.17 bits per heavy atom. The molecular formula is C11H19NO6. The van der Waals surface area contributed by atoms with Crippen molar-refractivity contribution >= 4 is 17.8 Å². The van der Waals surface area contributed by atoms with Crippen molar-refractivity contribution < 1.29 is 28.6 Å². The van der Waals surface area contributed by atoms with Crippen LogP contribution in [0, 0.1) is 5.92 Å². The maximum Gasteiger partial charge on any atom is 0.328 e. The van der Waals surface area contributed by atoms with Crippen LogP contribution in [0.3, 0.4) is 0 Å². The van der Waals surface area contributed by atoms with E-state index in [1.807, 2.05) is 0 Å². The van der Waals surface area contributed by atoms with Crippen LogP contribution in [0.25, 0.3) is 0 Å². The van der Waals surface area contributed by atoms with Gasteiger partial charge in [-0.1, -0.05) is 6.92 Å². The van der Waals surface area contributed by atoms with Gasteiger partial charge >= 0.3 is 11.9 Å². The lowest BCUT2D eigenvalue weighted by Crippen LogP contribution is -2.47. The first kappa shape index (κ1) is 16.4. The standard InChI is InChI=1S/C11H19NO6/c1-7(5-9(14)17-3)10(11(15)18-4)12-8(13)6-16-2/h7,10H,5-6H2,1-4H3,(H,12,13)/t7-,10-/m0/s1. The molecule has 104 valence electrons. The van der Waals surface area contributed by atoms with Gasteiger partial charge in [-0.05, 0) is 5.92 Å². The largest absolute Gasteiger partial charge is 0.469 e. The summed E-state index contributed by atoms with van der Waals surface area (Å²) >= 11 is 0. The fourth-order valence-corrected chi connectivity index (χ4v) is 1.37. The van der Waals surface area contributed by atoms with Gasteiger partial charge in [0, 0.05) is 7.11 Å². The number of carbonyl (C=O) groups is 3. The van der Waals surface area contributed by atoms with Gasteiger partial charge in [0.25, 0.3) is 0 Å². The fourth-order valence-electron chi connectivity index (χ4n) is 1.37. The number of esters is 2. The van der Waals surface area contributed by atoms with Crippen LogP contribution in [0.1, 0.15) is 13.3 Å². The van der Waals surface area contributed by atoms with Crippen molar-refractivity contribution in [3.05, 3.63) is 0 Å². The van der Waals surface area contributed by atoms with Crippen molar-refractivity contribution in [2.24, 2.45) is 5.92 Å². The molecule has 1 N–H and O–H groups in total. The van der Waals surface area contributed by atoms with Crippen LogP contribution >= 0.6 is 0 Å². The average Bonchev–Trinajstić information content (AvgIpc) is 2.34. The van der Waals surface area contributed by atoms with Crippen molar-refractivity contribution in [1.29, 1.82) is 0 Å². The topological polar surface area (TPSA) is 90.9 Å². The van der Waals surface area contributed by atoms with Gasteiger partial charge in [-0.15, -0.1) is 0 Å². The number of methoxy groups -OCH3 is 3. The molecule has 0 radical (unpaired) electrons. The summed E-state index contributed by atoms with van der Waals surface area (Å²) in [5.74, 6) is -1.97. The first-order valence-corrected chi connectivity index (χ1v) is 5.39. The molecule has 7 nitrogen and oxygen atoms in total. The maximum absolute atomic E-state index is 11.5. The number of hydrogen-bond acceptors (Lipinski definition) is 6. The lowest BCUT2D eigenvalue weighted by Gasteiger charge is -2.21. The Balaban J connectivity index is 4.61. The highest BCUT2D eigenvalue weighted by molar-refractivity contribution is 5.85. The van der Waals surface area contributed by atoms with E-state index in [0.29, 0.717) is 0 Å². The zero-order valence-corrected chi connectivity index (χ0v) is 11.0. The summed E-state index contributed by atoms with van der Waals surface area (Å²) in [4.78, 5) is 34.0. The third kappa shape index (κ3) is 5.62. The van der Waals surface area contributed by atoms with Crippen LogP contribution in [0.15, 0.2) is 0 Å². The second-order valence-electron chi connectivity index (χ2n) is 3.76. The fraction of sp³-hybridized carbons (Fsp3) is 0.727. The van der Waals surface area contributed by atoms with Gasteiger partial charge < -0.3 is 19.5 Å². The molecule has 1 amide bonds. The van der Waals surface area contributed by atoms with Crippen LogP contribution in [0.4, 0.5) is 0 Å². The van der Waals surface area contributed by atoms with E-state index in [2.05, 4.69) is 19.5 Å². The summed E-state index contributed by atoms with van der Waals surface area (Å²) in [6.45, 7) is 1.48. The number of hydrogen-bond donors (Lipinski definition) is 1. The quantitative estimate of drug-likeness (QED) is 0.621. The molecule has 18 heavy (non-hydrogen) atoms. The van der Waals surface area contributed by atoms with Gasteiger partial charge in [-0.3, -0.25) is 9.59 Å². The minimum Gasteiger partial charge on any atom is -0.469 e. The first-order chi connectivity index (χ1) is 8.46. The van der Waals surface area contributed by atoms with Gasteiger partial charge in [0.1, 0.15) is 12.6 Å². The molecule has 0 spiro atoms. The van der Waals surface area contributed by atoms with Crippen molar-refractivity contribution in [1.82, 2.24) is 5.32 Å². The highest BCUT2D eigenvalue weighted by Crippen LogP contribution is 2.11. The van der Waals surface area contributed by atoms with Crippen LogP contribution in [0.2, 0.25) is 0 Å². The van der Waals surface area contributed by atoms with Crippen LogP contribution < -0.4 is 5.32 Å². The van der Waals surface area contributed by atoms with E-state index in [4.69, 9.17) is 0 Å². The molecule has 0 heterocycles. The van der Waals surface area contributed by atoms with Gasteiger partial charge in [-0.2, -0.15) is 0 Å². The Labute approximate surface area is 106 Å². The third-order valence-electron chi connectivity index (χ3n) is 2.33. The highest BCUT2D eigenvalue weighted by atomic mass is 16.5. The molecule has 0 aliphatic heterocycles. The molecule has 2 atom stereocenters. The lowest BCUT2D eigenvalue weighted by atomic mass is 9.98. The molecular weight excluding hydrogens is 242 g/mol. The third-order valence-corrected chi connectivity index (χ3v) is 2.33. The number of carbonyl (C=O) groups excluding carboxylic acids is 3. The minimum atomic E-state index is -0.906. The second-order valence-corrected chi connectivity index (χ2v) is 3.76. The Kier molecular flexibility index (Phi) is 7.69. The molecule has 0 saturated carbocycles. The summed E-state index contributed by atoms with van der Waals surface area (Å²) in [6.07, 6.45) is 0.00350. The minimum absolute atomic E-state index is 0.00350. The lowest BCUT2D eigenvalue weighted by molar-refractivity contribution is -0.148. The Hall–Kier alpha value is -1.63. The molecule has 7 heteroatoms. The number of ether oxygens (including phenoxy) is 3. The average molecular weight is 261 g/mol. The molecule has 0 aliphatic rings. The van der Waals surface area contributed by atoms with Gasteiger partial charge in [0.15, 0.2) is 0 Å². The summed E-state index contributed by atoms with van der Waals surface area (Å²) < 4.78 is 13.7. The van der Waals surface area contributed by atoms with E-state index in [-0.39, 0.29) is 13.0 Å². The van der Waals surface area contributed by atoms with Crippen molar-refractivity contribution in [3.63, 3.8) is 0 Å². The maximum atomic E-state index is 11.5. The molecule has 0 aromatic heterocycles. The number of amides is 1. The molecule has 0 fully saturated rings. The first-order valence-electron chi connectivity index (χ1n) is 5.39. The highest BCUT2D eigenvalue weighted by Gasteiger charge is 2.29. The van der Waals surface area contributed by atoms with E-state index in [1.54, 1.807) is 6.92 Å². The normalized spacial score (nSPS) is 13.3. The predicted octanol–water partition coefficient (Wildman–Crippen LogP) is -0.510. The van der Waals surface area contributed by atoms with Crippen molar-refractivity contribution in [2.45, 2.75) is 19.4 Å². The van der Waals surface area contributed by atoms with Crippen molar-refractivity contribution in [3.8, 4) is 0 Å². The molecule has 0 bridgehead atoms. The Morgan fingerprint density at radius 2 is 1.72 bits per heavy atom. The molecule has 0 aromatic carbocycles. The second kappa shape index (κ2) is 8.46. The van der Waals surface area contributed by atoms with Gasteiger partial charge in [0.2, 0.25) is 5.91 Å². The molecule has 0 saturated heterocycles. The van der Waals surface area contributed by atoms with E-state index in [1.165, 1.54) is 21.3 Å². The summed E-state index contributed by atoms with van der Waals surface area (Å²) in [5.41, 5.74) is 0. The van der Waals surface area contributed by atoms with E-state index in [9.17, 15) is 14.4 Å². The summed E-state index contributed by atoms with van der Waals surface area (Å²) in [6, 6.07) is -0.906. The Bertz CT molecular complexity index is 304. The predicted molar refractivity (Wildman–Crippen MR) is 61.6 cm³/mol. The molecule has 0 unspecified atom stereocenters. The zero-order valence-electron chi connectivity index (χ0n) is 11.0. The number of nitrogens with one attached hydrogen (secondary N) is 1. The van der Waals surface area contributed by atoms with Gasteiger partial charge in [-0.25, -0.2) is 4.79 Å². The Morgan fingerprint density at radius 1 is 1.11 bits per heavy atom. The van der Waals surface area contributed by atoms with Crippen LogP contribution in [-0.4, -0.2) is 51.8 Å². The molecule has 0 aliphatic carbocycles. The van der Waals surface area contributed by atoms with Crippen LogP contribution in [0.5, 0.6) is 0 Å². The summed E-state index contributed by atoms with van der Waals surface area (Å²) in [7, 11) is 3.83.